The van der Waals surface area contributed by atoms with Crippen LogP contribution in [0.2, 0.25) is 0 Å². The molecule has 0 amide bonds. The fourth-order valence-corrected chi connectivity index (χ4v) is 2.57. The second-order valence-electron chi connectivity index (χ2n) is 4.92. The van der Waals surface area contributed by atoms with Crippen molar-refractivity contribution >= 4 is 5.97 Å². The number of rotatable bonds is 3. The average Bonchev–Trinajstić information content (AvgIpc) is 2.40. The molecule has 0 heterocycles. The van der Waals surface area contributed by atoms with Gasteiger partial charge in [0.15, 0.2) is 0 Å². The summed E-state index contributed by atoms with van der Waals surface area (Å²) >= 11 is 0. The molecule has 2 rings (SSSR count). The molecule has 0 radical (unpaired) electrons. The van der Waals surface area contributed by atoms with Crippen molar-refractivity contribution in [3.05, 3.63) is 29.8 Å². The van der Waals surface area contributed by atoms with E-state index in [1.54, 1.807) is 12.1 Å². The van der Waals surface area contributed by atoms with Gasteiger partial charge in [0, 0.05) is 6.42 Å². The molecule has 1 N–H and O–H groups in total. The van der Waals surface area contributed by atoms with Crippen LogP contribution in [0.15, 0.2) is 24.3 Å². The van der Waals surface area contributed by atoms with Crippen LogP contribution in [0, 0.1) is 0 Å². The van der Waals surface area contributed by atoms with E-state index < -0.39 is 0 Å². The number of carbonyl (C=O) groups excluding carboxylic acids is 1. The maximum absolute atomic E-state index is 11.3. The van der Waals surface area contributed by atoms with Gasteiger partial charge in [0.05, 0.1) is 0 Å². The van der Waals surface area contributed by atoms with Crippen molar-refractivity contribution in [1.29, 1.82) is 0 Å². The molecule has 0 spiro atoms. The molecule has 0 aliphatic heterocycles. The average molecular weight is 248 g/mol. The molecule has 98 valence electrons. The Hall–Kier alpha value is -1.51. The van der Waals surface area contributed by atoms with Gasteiger partial charge in [-0.15, -0.1) is 0 Å². The van der Waals surface area contributed by atoms with Gasteiger partial charge in [-0.05, 0) is 49.3 Å². The third kappa shape index (κ3) is 3.25. The zero-order valence-corrected chi connectivity index (χ0v) is 10.8. The van der Waals surface area contributed by atoms with Crippen molar-refractivity contribution in [3.8, 4) is 5.75 Å². The Bertz CT molecular complexity index is 397. The molecule has 0 bridgehead atoms. The van der Waals surface area contributed by atoms with Crippen molar-refractivity contribution in [1.82, 2.24) is 0 Å². The molecule has 3 nitrogen and oxygen atoms in total. The Kier molecular flexibility index (Phi) is 4.24. The highest BCUT2D eigenvalue weighted by molar-refractivity contribution is 5.69. The standard InChI is InChI=1S/C15H20O3/c1-2-15(17)18-14-5-3-4-12(10-14)11-6-8-13(16)9-7-11/h6-9,12,14,16H,2-5,10H2,1H3. The minimum Gasteiger partial charge on any atom is -0.508 e. The van der Waals surface area contributed by atoms with Crippen LogP contribution in [0.25, 0.3) is 0 Å². The van der Waals surface area contributed by atoms with Crippen molar-refractivity contribution in [2.24, 2.45) is 0 Å². The van der Waals surface area contributed by atoms with Crippen LogP contribution in [0.4, 0.5) is 0 Å². The Morgan fingerprint density at radius 3 is 2.72 bits per heavy atom. The van der Waals surface area contributed by atoms with E-state index in [9.17, 15) is 9.90 Å². The molecular formula is C15H20O3. The summed E-state index contributed by atoms with van der Waals surface area (Å²) in [5.74, 6) is 0.629. The third-order valence-electron chi connectivity index (χ3n) is 3.58. The van der Waals surface area contributed by atoms with Gasteiger partial charge in [0.2, 0.25) is 0 Å². The lowest BCUT2D eigenvalue weighted by Gasteiger charge is -2.29. The molecule has 3 heteroatoms. The first-order valence-corrected chi connectivity index (χ1v) is 6.67. The van der Waals surface area contributed by atoms with Gasteiger partial charge in [-0.1, -0.05) is 19.1 Å². The summed E-state index contributed by atoms with van der Waals surface area (Å²) in [4.78, 5) is 11.3. The summed E-state index contributed by atoms with van der Waals surface area (Å²) in [6.45, 7) is 1.82. The van der Waals surface area contributed by atoms with Crippen LogP contribution in [-0.4, -0.2) is 17.2 Å². The number of benzene rings is 1. The van der Waals surface area contributed by atoms with Crippen LogP contribution >= 0.6 is 0 Å². The molecular weight excluding hydrogens is 228 g/mol. The van der Waals surface area contributed by atoms with Gasteiger partial charge in [-0.2, -0.15) is 0 Å². The Balaban J connectivity index is 1.98. The molecule has 1 aliphatic carbocycles. The maximum atomic E-state index is 11.3. The van der Waals surface area contributed by atoms with Crippen LogP contribution in [0.5, 0.6) is 5.75 Å². The molecule has 1 fully saturated rings. The van der Waals surface area contributed by atoms with Crippen LogP contribution in [0.3, 0.4) is 0 Å². The monoisotopic (exact) mass is 248 g/mol. The van der Waals surface area contributed by atoms with Crippen molar-refractivity contribution in [2.75, 3.05) is 0 Å². The summed E-state index contributed by atoms with van der Waals surface area (Å²) in [7, 11) is 0. The molecule has 0 saturated heterocycles. The Morgan fingerprint density at radius 1 is 1.33 bits per heavy atom. The summed E-state index contributed by atoms with van der Waals surface area (Å²) in [5.41, 5.74) is 1.23. The highest BCUT2D eigenvalue weighted by atomic mass is 16.5. The molecule has 18 heavy (non-hydrogen) atoms. The summed E-state index contributed by atoms with van der Waals surface area (Å²) in [5, 5.41) is 9.29. The molecule has 0 aromatic heterocycles. The predicted molar refractivity (Wildman–Crippen MR) is 69.5 cm³/mol. The number of carbonyl (C=O) groups is 1. The second kappa shape index (κ2) is 5.89. The fraction of sp³-hybridized carbons (Fsp3) is 0.533. The minimum atomic E-state index is -0.105. The number of phenols is 1. The maximum Gasteiger partial charge on any atom is 0.305 e. The van der Waals surface area contributed by atoms with E-state index in [1.807, 2.05) is 19.1 Å². The van der Waals surface area contributed by atoms with Gasteiger partial charge in [0.25, 0.3) is 0 Å². The highest BCUT2D eigenvalue weighted by Gasteiger charge is 2.25. The van der Waals surface area contributed by atoms with Crippen molar-refractivity contribution < 1.29 is 14.6 Å². The fourth-order valence-electron chi connectivity index (χ4n) is 2.57. The smallest absolute Gasteiger partial charge is 0.305 e. The lowest BCUT2D eigenvalue weighted by Crippen LogP contribution is -2.24. The first-order valence-electron chi connectivity index (χ1n) is 6.67. The topological polar surface area (TPSA) is 46.5 Å². The summed E-state index contributed by atoms with van der Waals surface area (Å²) in [6.07, 6.45) is 4.60. The zero-order chi connectivity index (χ0) is 13.0. The normalized spacial score (nSPS) is 23.6. The van der Waals surface area contributed by atoms with E-state index in [2.05, 4.69) is 0 Å². The number of ether oxygens (including phenoxy) is 1. The van der Waals surface area contributed by atoms with E-state index in [0.29, 0.717) is 18.1 Å². The van der Waals surface area contributed by atoms with Gasteiger partial charge >= 0.3 is 5.97 Å². The Labute approximate surface area is 108 Å². The number of hydrogen-bond acceptors (Lipinski definition) is 3. The quantitative estimate of drug-likeness (QED) is 0.834. The first kappa shape index (κ1) is 12.9. The molecule has 2 atom stereocenters. The Morgan fingerprint density at radius 2 is 2.06 bits per heavy atom. The van der Waals surface area contributed by atoms with E-state index in [1.165, 1.54) is 5.56 Å². The predicted octanol–water partition coefficient (Wildman–Crippen LogP) is 3.37. The van der Waals surface area contributed by atoms with Crippen LogP contribution in [-0.2, 0) is 9.53 Å². The molecule has 2 unspecified atom stereocenters. The largest absolute Gasteiger partial charge is 0.508 e. The molecule has 1 saturated carbocycles. The number of phenolic OH excluding ortho intramolecular Hbond substituents is 1. The van der Waals surface area contributed by atoms with E-state index in [4.69, 9.17) is 4.74 Å². The van der Waals surface area contributed by atoms with E-state index in [-0.39, 0.29) is 12.1 Å². The third-order valence-corrected chi connectivity index (χ3v) is 3.58. The van der Waals surface area contributed by atoms with E-state index in [0.717, 1.165) is 25.7 Å². The van der Waals surface area contributed by atoms with Gasteiger partial charge in [0.1, 0.15) is 11.9 Å². The van der Waals surface area contributed by atoms with E-state index >= 15 is 0 Å². The van der Waals surface area contributed by atoms with Gasteiger partial charge in [-0.3, -0.25) is 4.79 Å². The van der Waals surface area contributed by atoms with Gasteiger partial charge < -0.3 is 9.84 Å². The molecule has 1 aromatic carbocycles. The van der Waals surface area contributed by atoms with Crippen LogP contribution in [0.1, 0.15) is 50.5 Å². The number of aromatic hydroxyl groups is 1. The lowest BCUT2D eigenvalue weighted by atomic mass is 9.82. The molecule has 1 aliphatic rings. The van der Waals surface area contributed by atoms with Crippen molar-refractivity contribution in [2.45, 2.75) is 51.0 Å². The minimum absolute atomic E-state index is 0.0602. The summed E-state index contributed by atoms with van der Waals surface area (Å²) < 4.78 is 5.43. The SMILES string of the molecule is CCC(=O)OC1CCCC(c2ccc(O)cc2)C1. The van der Waals surface area contributed by atoms with Crippen molar-refractivity contribution in [3.63, 3.8) is 0 Å². The lowest BCUT2D eigenvalue weighted by molar-refractivity contribution is -0.150. The highest BCUT2D eigenvalue weighted by Crippen LogP contribution is 2.34. The van der Waals surface area contributed by atoms with Crippen LogP contribution < -0.4 is 0 Å². The van der Waals surface area contributed by atoms with Gasteiger partial charge in [-0.25, -0.2) is 0 Å². The summed E-state index contributed by atoms with van der Waals surface area (Å²) in [6, 6.07) is 7.36. The molecule has 1 aromatic rings. The second-order valence-corrected chi connectivity index (χ2v) is 4.92. The zero-order valence-electron chi connectivity index (χ0n) is 10.8. The number of hydrogen-bond donors (Lipinski definition) is 1. The first-order chi connectivity index (χ1) is 8.69. The number of esters is 1.